The SMILES string of the molecule is Nc1cc(Br)cc(C(=O)OCCCN2CCCC2)c1. The van der Waals surface area contributed by atoms with Crippen LogP contribution in [-0.2, 0) is 4.74 Å². The van der Waals surface area contributed by atoms with Crippen LogP contribution in [0, 0.1) is 0 Å². The van der Waals surface area contributed by atoms with Gasteiger partial charge in [-0.2, -0.15) is 0 Å². The van der Waals surface area contributed by atoms with Crippen molar-refractivity contribution in [2.75, 3.05) is 32.0 Å². The highest BCUT2D eigenvalue weighted by atomic mass is 79.9. The van der Waals surface area contributed by atoms with Crippen LogP contribution < -0.4 is 5.73 Å². The molecule has 19 heavy (non-hydrogen) atoms. The molecule has 0 atom stereocenters. The molecule has 0 bridgehead atoms. The van der Waals surface area contributed by atoms with E-state index in [1.54, 1.807) is 18.2 Å². The summed E-state index contributed by atoms with van der Waals surface area (Å²) in [6.07, 6.45) is 3.46. The summed E-state index contributed by atoms with van der Waals surface area (Å²) >= 11 is 3.31. The molecule has 0 amide bonds. The topological polar surface area (TPSA) is 55.6 Å². The number of halogens is 1. The van der Waals surface area contributed by atoms with Crippen molar-refractivity contribution in [3.05, 3.63) is 28.2 Å². The highest BCUT2D eigenvalue weighted by molar-refractivity contribution is 9.10. The molecule has 5 heteroatoms. The minimum Gasteiger partial charge on any atom is -0.462 e. The number of likely N-dealkylation sites (tertiary alicyclic amines) is 1. The van der Waals surface area contributed by atoms with Crippen molar-refractivity contribution in [1.82, 2.24) is 4.90 Å². The van der Waals surface area contributed by atoms with Gasteiger partial charge in [-0.25, -0.2) is 4.79 Å². The lowest BCUT2D eigenvalue weighted by Gasteiger charge is -2.14. The maximum atomic E-state index is 11.8. The van der Waals surface area contributed by atoms with Crippen LogP contribution in [0.25, 0.3) is 0 Å². The lowest BCUT2D eigenvalue weighted by atomic mass is 10.2. The lowest BCUT2D eigenvalue weighted by Crippen LogP contribution is -2.22. The standard InChI is InChI=1S/C14H19BrN2O2/c15-12-8-11(9-13(16)10-12)14(18)19-7-3-6-17-4-1-2-5-17/h8-10H,1-7,16H2. The first-order valence-electron chi connectivity index (χ1n) is 6.61. The van der Waals surface area contributed by atoms with E-state index in [0.717, 1.165) is 17.4 Å². The Balaban J connectivity index is 1.74. The zero-order valence-corrected chi connectivity index (χ0v) is 12.5. The van der Waals surface area contributed by atoms with Gasteiger partial charge >= 0.3 is 5.97 Å². The predicted molar refractivity (Wildman–Crippen MR) is 79.1 cm³/mol. The van der Waals surface area contributed by atoms with Crippen LogP contribution >= 0.6 is 15.9 Å². The molecule has 1 aromatic carbocycles. The molecule has 1 aliphatic rings. The van der Waals surface area contributed by atoms with Gasteiger partial charge in [-0.1, -0.05) is 15.9 Å². The van der Waals surface area contributed by atoms with Gasteiger partial charge in [-0.15, -0.1) is 0 Å². The van der Waals surface area contributed by atoms with Crippen LogP contribution in [0.15, 0.2) is 22.7 Å². The number of carbonyl (C=O) groups is 1. The third kappa shape index (κ3) is 4.51. The third-order valence-corrected chi connectivity index (χ3v) is 3.66. The van der Waals surface area contributed by atoms with Crippen molar-refractivity contribution in [3.63, 3.8) is 0 Å². The van der Waals surface area contributed by atoms with Crippen LogP contribution in [0.1, 0.15) is 29.6 Å². The lowest BCUT2D eigenvalue weighted by molar-refractivity contribution is 0.0491. The molecule has 1 aromatic rings. The third-order valence-electron chi connectivity index (χ3n) is 3.21. The van der Waals surface area contributed by atoms with Gasteiger partial charge in [0.05, 0.1) is 12.2 Å². The molecule has 0 unspecified atom stereocenters. The average Bonchev–Trinajstić information content (AvgIpc) is 2.86. The fraction of sp³-hybridized carbons (Fsp3) is 0.500. The number of hydrogen-bond donors (Lipinski definition) is 1. The van der Waals surface area contributed by atoms with Crippen molar-refractivity contribution in [1.29, 1.82) is 0 Å². The number of rotatable bonds is 5. The zero-order chi connectivity index (χ0) is 13.7. The molecule has 2 rings (SSSR count). The van der Waals surface area contributed by atoms with E-state index in [1.807, 2.05) is 0 Å². The first-order chi connectivity index (χ1) is 9.15. The second-order valence-corrected chi connectivity index (χ2v) is 5.73. The number of ether oxygens (including phenoxy) is 1. The summed E-state index contributed by atoms with van der Waals surface area (Å²) in [6, 6.07) is 5.11. The van der Waals surface area contributed by atoms with E-state index >= 15 is 0 Å². The van der Waals surface area contributed by atoms with Gasteiger partial charge in [0, 0.05) is 16.7 Å². The van der Waals surface area contributed by atoms with Crippen LogP contribution in [0.4, 0.5) is 5.69 Å². The Morgan fingerprint density at radius 3 is 2.74 bits per heavy atom. The minimum absolute atomic E-state index is 0.311. The molecule has 104 valence electrons. The summed E-state index contributed by atoms with van der Waals surface area (Å²) in [5, 5.41) is 0. The minimum atomic E-state index is -0.311. The van der Waals surface area contributed by atoms with E-state index in [-0.39, 0.29) is 5.97 Å². The van der Waals surface area contributed by atoms with Crippen molar-refractivity contribution < 1.29 is 9.53 Å². The van der Waals surface area contributed by atoms with Crippen LogP contribution in [0.3, 0.4) is 0 Å². The van der Waals surface area contributed by atoms with Gasteiger partial charge in [0.15, 0.2) is 0 Å². The van der Waals surface area contributed by atoms with E-state index in [9.17, 15) is 4.79 Å². The molecule has 1 heterocycles. The first kappa shape index (κ1) is 14.3. The molecule has 1 aliphatic heterocycles. The molecule has 0 saturated carbocycles. The summed E-state index contributed by atoms with van der Waals surface area (Å²) in [5.74, 6) is -0.311. The maximum Gasteiger partial charge on any atom is 0.338 e. The second-order valence-electron chi connectivity index (χ2n) is 4.81. The Hall–Kier alpha value is -1.07. The van der Waals surface area contributed by atoms with Crippen LogP contribution in [0.5, 0.6) is 0 Å². The summed E-state index contributed by atoms with van der Waals surface area (Å²) in [4.78, 5) is 14.2. The van der Waals surface area contributed by atoms with Gasteiger partial charge in [0.2, 0.25) is 0 Å². The van der Waals surface area contributed by atoms with Gasteiger partial charge in [0.25, 0.3) is 0 Å². The Morgan fingerprint density at radius 2 is 2.05 bits per heavy atom. The van der Waals surface area contributed by atoms with Crippen molar-refractivity contribution >= 4 is 27.6 Å². The first-order valence-corrected chi connectivity index (χ1v) is 7.40. The molecule has 1 fully saturated rings. The highest BCUT2D eigenvalue weighted by Gasteiger charge is 2.12. The number of hydrogen-bond acceptors (Lipinski definition) is 4. The van der Waals surface area contributed by atoms with Crippen LogP contribution in [-0.4, -0.2) is 37.1 Å². The molecule has 2 N–H and O–H groups in total. The summed E-state index contributed by atoms with van der Waals surface area (Å²) in [5.41, 5.74) is 6.74. The van der Waals surface area contributed by atoms with E-state index < -0.39 is 0 Å². The van der Waals surface area contributed by atoms with E-state index in [4.69, 9.17) is 10.5 Å². The van der Waals surface area contributed by atoms with Crippen molar-refractivity contribution in [2.45, 2.75) is 19.3 Å². The number of anilines is 1. The molecule has 4 nitrogen and oxygen atoms in total. The molecule has 0 radical (unpaired) electrons. The Bertz CT molecular complexity index is 425. The monoisotopic (exact) mass is 326 g/mol. The number of nitrogens with two attached hydrogens (primary N) is 1. The molecule has 0 spiro atoms. The van der Waals surface area contributed by atoms with E-state index in [2.05, 4.69) is 20.8 Å². The largest absolute Gasteiger partial charge is 0.462 e. The summed E-state index contributed by atoms with van der Waals surface area (Å²) < 4.78 is 6.04. The normalized spacial score (nSPS) is 15.6. The molecular weight excluding hydrogens is 308 g/mol. The average molecular weight is 327 g/mol. The Morgan fingerprint density at radius 1 is 1.32 bits per heavy atom. The molecular formula is C14H19BrN2O2. The van der Waals surface area contributed by atoms with E-state index in [0.29, 0.717) is 17.9 Å². The van der Waals surface area contributed by atoms with Crippen molar-refractivity contribution in [2.24, 2.45) is 0 Å². The summed E-state index contributed by atoms with van der Waals surface area (Å²) in [6.45, 7) is 3.82. The van der Waals surface area contributed by atoms with E-state index in [1.165, 1.54) is 25.9 Å². The highest BCUT2D eigenvalue weighted by Crippen LogP contribution is 2.18. The molecule has 0 aliphatic carbocycles. The van der Waals surface area contributed by atoms with Crippen LogP contribution in [0.2, 0.25) is 0 Å². The number of esters is 1. The van der Waals surface area contributed by atoms with Gasteiger partial charge in [0.1, 0.15) is 0 Å². The zero-order valence-electron chi connectivity index (χ0n) is 10.9. The Labute approximate surface area is 122 Å². The van der Waals surface area contributed by atoms with Gasteiger partial charge in [-0.05, 0) is 50.6 Å². The summed E-state index contributed by atoms with van der Waals surface area (Å²) in [7, 11) is 0. The fourth-order valence-corrected chi connectivity index (χ4v) is 2.78. The van der Waals surface area contributed by atoms with Gasteiger partial charge in [-0.3, -0.25) is 0 Å². The smallest absolute Gasteiger partial charge is 0.338 e. The number of nitrogens with zero attached hydrogens (tertiary/aromatic N) is 1. The maximum absolute atomic E-state index is 11.8. The fourth-order valence-electron chi connectivity index (χ4n) is 2.27. The number of nitrogen functional groups attached to an aromatic ring is 1. The molecule has 1 saturated heterocycles. The Kier molecular flexibility index (Phi) is 5.22. The second kappa shape index (κ2) is 6.91. The van der Waals surface area contributed by atoms with Crippen molar-refractivity contribution in [3.8, 4) is 0 Å². The number of carbonyl (C=O) groups excluding carboxylic acids is 1. The molecule has 0 aromatic heterocycles. The van der Waals surface area contributed by atoms with Gasteiger partial charge < -0.3 is 15.4 Å². The predicted octanol–water partition coefficient (Wildman–Crippen LogP) is 2.67. The quantitative estimate of drug-likeness (QED) is 0.513. The number of benzene rings is 1.